The van der Waals surface area contributed by atoms with Gasteiger partial charge in [0.15, 0.2) is 6.10 Å². The van der Waals surface area contributed by atoms with Gasteiger partial charge < -0.3 is 33.2 Å². The first-order chi connectivity index (χ1) is 27.8. The number of allylic oxidation sites excluding steroid dienone is 2. The summed E-state index contributed by atoms with van der Waals surface area (Å²) in [5, 5.41) is 2.68. The Labute approximate surface area is 360 Å². The highest BCUT2D eigenvalue weighted by atomic mass is 32.1. The molecule has 2 unspecified atom stereocenters. The van der Waals surface area contributed by atoms with Gasteiger partial charge in [0, 0.05) is 18.6 Å². The number of hydrogen-bond acceptors (Lipinski definition) is 10. The van der Waals surface area contributed by atoms with Crippen molar-refractivity contribution < 1.29 is 46.8 Å². The Hall–Kier alpha value is -1.43. The van der Waals surface area contributed by atoms with Gasteiger partial charge in [-0.25, -0.2) is 4.79 Å². The third kappa shape index (κ3) is 38.8. The molecule has 342 valence electrons. The van der Waals surface area contributed by atoms with E-state index in [1.165, 1.54) is 96.3 Å². The van der Waals surface area contributed by atoms with Gasteiger partial charge >= 0.3 is 11.9 Å². The van der Waals surface area contributed by atoms with Gasteiger partial charge in [0.25, 0.3) is 7.82 Å². The molecule has 58 heavy (non-hydrogen) atoms. The Balaban J connectivity index is 4.67. The van der Waals surface area contributed by atoms with Crippen LogP contribution in [-0.2, 0) is 37.5 Å². The minimum absolute atomic E-state index is 0.0302. The molecule has 11 nitrogen and oxygen atoms in total. The zero-order chi connectivity index (χ0) is 43.2. The molecular formula is C45H87N2O9PS. The highest BCUT2D eigenvalue weighted by molar-refractivity contribution is 7.80. The van der Waals surface area contributed by atoms with Gasteiger partial charge in [-0.2, -0.15) is 12.6 Å². The summed E-state index contributed by atoms with van der Waals surface area (Å²) in [6.07, 6.45) is 34.4. The molecule has 0 rings (SSSR count). The van der Waals surface area contributed by atoms with E-state index in [0.29, 0.717) is 23.9 Å². The highest BCUT2D eigenvalue weighted by Gasteiger charge is 2.27. The maximum atomic E-state index is 13.1. The third-order valence-corrected chi connectivity index (χ3v) is 11.4. The van der Waals surface area contributed by atoms with Gasteiger partial charge in [-0.15, -0.1) is 0 Å². The van der Waals surface area contributed by atoms with Crippen LogP contribution >= 0.6 is 20.5 Å². The molecule has 1 amide bonds. The monoisotopic (exact) mass is 863 g/mol. The summed E-state index contributed by atoms with van der Waals surface area (Å²) < 4.78 is 33.9. The fourth-order valence-electron chi connectivity index (χ4n) is 6.35. The molecule has 0 aliphatic heterocycles. The molecule has 0 heterocycles. The first kappa shape index (κ1) is 56.6. The van der Waals surface area contributed by atoms with Crippen molar-refractivity contribution in [3.05, 3.63) is 12.2 Å². The molecule has 0 bridgehead atoms. The van der Waals surface area contributed by atoms with E-state index < -0.39 is 45.1 Å². The SMILES string of the molecule is CCCCCCCC/C=C\CCCCCCCC(=O)N[C@@H](CS)C(=O)OC(COC(=O)CCCCCCCCCCCCCCC)COP(=O)([O-])OCC[N+](C)(C)C. The number of esters is 2. The van der Waals surface area contributed by atoms with E-state index >= 15 is 0 Å². The summed E-state index contributed by atoms with van der Waals surface area (Å²) in [5.41, 5.74) is 0. The van der Waals surface area contributed by atoms with Crippen molar-refractivity contribution in [2.24, 2.45) is 0 Å². The predicted octanol–water partition coefficient (Wildman–Crippen LogP) is 10.6. The van der Waals surface area contributed by atoms with Crippen molar-refractivity contribution in [3.63, 3.8) is 0 Å². The van der Waals surface area contributed by atoms with Crippen LogP contribution in [0.3, 0.4) is 0 Å². The summed E-state index contributed by atoms with van der Waals surface area (Å²) in [5.74, 6) is -1.61. The van der Waals surface area contributed by atoms with Gasteiger partial charge in [-0.1, -0.05) is 154 Å². The molecule has 0 saturated heterocycles. The van der Waals surface area contributed by atoms with Gasteiger partial charge in [0.1, 0.15) is 25.8 Å². The van der Waals surface area contributed by atoms with E-state index in [0.717, 1.165) is 57.8 Å². The number of unbranched alkanes of at least 4 members (excludes halogenated alkanes) is 23. The number of carbonyl (C=O) groups excluding carboxylic acids is 3. The number of quaternary nitrogens is 1. The van der Waals surface area contributed by atoms with Crippen molar-refractivity contribution in [3.8, 4) is 0 Å². The molecule has 0 saturated carbocycles. The molecule has 0 aliphatic rings. The lowest BCUT2D eigenvalue weighted by molar-refractivity contribution is -0.870. The third-order valence-electron chi connectivity index (χ3n) is 10.1. The second-order valence-electron chi connectivity index (χ2n) is 17.0. The van der Waals surface area contributed by atoms with Gasteiger partial charge in [-0.05, 0) is 38.5 Å². The maximum absolute atomic E-state index is 13.1. The highest BCUT2D eigenvalue weighted by Crippen LogP contribution is 2.38. The van der Waals surface area contributed by atoms with Crippen LogP contribution in [0, 0.1) is 0 Å². The van der Waals surface area contributed by atoms with E-state index in [9.17, 15) is 23.8 Å². The van der Waals surface area contributed by atoms with Crippen LogP contribution in [0.1, 0.15) is 194 Å². The summed E-state index contributed by atoms with van der Waals surface area (Å²) in [7, 11) is 0.963. The standard InChI is InChI=1S/C45H87N2O9PS/c1-6-8-10-12-14-16-18-20-21-23-24-26-28-30-32-34-43(48)46-42(40-58)45(50)56-41(39-55-57(51,52)54-37-36-47(3,4)5)38-53-44(49)35-33-31-29-27-25-22-19-17-15-13-11-9-7-2/h20-21,41-42H,6-19,22-40H2,1-5H3,(H2-,46,48,51,52,58)/b21-20-/t41?,42-/m0/s1. The number of thiol groups is 1. The first-order valence-corrected chi connectivity index (χ1v) is 25.2. The number of hydrogen-bond donors (Lipinski definition) is 2. The zero-order valence-electron chi connectivity index (χ0n) is 37.7. The Morgan fingerprint density at radius 1 is 0.655 bits per heavy atom. The molecule has 0 aromatic rings. The summed E-state index contributed by atoms with van der Waals surface area (Å²) in [6, 6.07) is -1.07. The number of carbonyl (C=O) groups is 3. The Morgan fingerprint density at radius 2 is 1.10 bits per heavy atom. The van der Waals surface area contributed by atoms with Crippen molar-refractivity contribution in [2.45, 2.75) is 206 Å². The van der Waals surface area contributed by atoms with Gasteiger partial charge in [0.05, 0.1) is 27.7 Å². The summed E-state index contributed by atoms with van der Waals surface area (Å²) in [4.78, 5) is 50.9. The number of nitrogens with zero attached hydrogens (tertiary/aromatic N) is 1. The Bertz CT molecular complexity index is 1090. The number of phosphoric ester groups is 1. The fourth-order valence-corrected chi connectivity index (χ4v) is 7.32. The lowest BCUT2D eigenvalue weighted by Crippen LogP contribution is -2.45. The molecule has 0 aromatic heterocycles. The molecule has 0 fully saturated rings. The number of nitrogens with one attached hydrogen (secondary N) is 1. The van der Waals surface area contributed by atoms with Crippen LogP contribution < -0.4 is 10.2 Å². The van der Waals surface area contributed by atoms with Crippen molar-refractivity contribution in [2.75, 3.05) is 53.3 Å². The van der Waals surface area contributed by atoms with Crippen molar-refractivity contribution in [1.82, 2.24) is 5.32 Å². The van der Waals surface area contributed by atoms with Crippen LogP contribution in [0.5, 0.6) is 0 Å². The molecule has 3 atom stereocenters. The summed E-state index contributed by atoms with van der Waals surface area (Å²) >= 11 is 4.24. The van der Waals surface area contributed by atoms with Gasteiger partial charge in [0.2, 0.25) is 5.91 Å². The number of likely N-dealkylation sites (N-methyl/N-ethyl adjacent to an activating group) is 1. The average Bonchev–Trinajstić information content (AvgIpc) is 3.17. The molecule has 13 heteroatoms. The molecule has 1 N–H and O–H groups in total. The molecular weight excluding hydrogens is 776 g/mol. The summed E-state index contributed by atoms with van der Waals surface area (Å²) in [6.45, 7) is 3.81. The van der Waals surface area contributed by atoms with Crippen molar-refractivity contribution >= 4 is 38.3 Å². The van der Waals surface area contributed by atoms with Crippen LogP contribution in [-0.4, -0.2) is 87.7 Å². The largest absolute Gasteiger partial charge is 0.756 e. The fraction of sp³-hybridized carbons (Fsp3) is 0.889. The predicted molar refractivity (Wildman–Crippen MR) is 239 cm³/mol. The van der Waals surface area contributed by atoms with Crippen LogP contribution in [0.25, 0.3) is 0 Å². The maximum Gasteiger partial charge on any atom is 0.329 e. The van der Waals surface area contributed by atoms with Crippen LogP contribution in [0.4, 0.5) is 0 Å². The van der Waals surface area contributed by atoms with E-state index in [1.807, 2.05) is 21.1 Å². The van der Waals surface area contributed by atoms with Crippen molar-refractivity contribution in [1.29, 1.82) is 0 Å². The number of phosphoric acid groups is 1. The molecule has 0 aromatic carbocycles. The molecule has 0 spiro atoms. The minimum Gasteiger partial charge on any atom is -0.756 e. The Morgan fingerprint density at radius 3 is 1.57 bits per heavy atom. The van der Waals surface area contributed by atoms with E-state index in [1.54, 1.807) is 0 Å². The van der Waals surface area contributed by atoms with E-state index in [4.69, 9.17) is 18.5 Å². The topological polar surface area (TPSA) is 140 Å². The quantitative estimate of drug-likeness (QED) is 0.0153. The number of amides is 1. The molecule has 0 radical (unpaired) electrons. The van der Waals surface area contributed by atoms with E-state index in [-0.39, 0.29) is 31.1 Å². The number of rotatable bonds is 42. The smallest absolute Gasteiger partial charge is 0.329 e. The normalized spacial score (nSPS) is 14.0. The lowest BCUT2D eigenvalue weighted by Gasteiger charge is -2.28. The Kier molecular flexibility index (Phi) is 37.5. The second-order valence-corrected chi connectivity index (χ2v) is 18.7. The zero-order valence-corrected chi connectivity index (χ0v) is 39.4. The number of ether oxygens (including phenoxy) is 2. The lowest BCUT2D eigenvalue weighted by atomic mass is 10.0. The second kappa shape index (κ2) is 38.5. The van der Waals surface area contributed by atoms with Crippen LogP contribution in [0.2, 0.25) is 0 Å². The molecule has 0 aliphatic carbocycles. The van der Waals surface area contributed by atoms with Crippen LogP contribution in [0.15, 0.2) is 12.2 Å². The average molecular weight is 863 g/mol. The minimum atomic E-state index is -4.74. The van der Waals surface area contributed by atoms with E-state index in [2.05, 4.69) is 43.9 Å². The van der Waals surface area contributed by atoms with Gasteiger partial charge in [-0.3, -0.25) is 14.2 Å². The first-order valence-electron chi connectivity index (χ1n) is 23.1.